The summed E-state index contributed by atoms with van der Waals surface area (Å²) in [5.41, 5.74) is 2.55. The molecule has 0 spiro atoms. The predicted molar refractivity (Wildman–Crippen MR) is 78.4 cm³/mol. The van der Waals surface area contributed by atoms with Crippen molar-refractivity contribution in [1.82, 2.24) is 0 Å². The van der Waals surface area contributed by atoms with Crippen LogP contribution in [0.2, 0.25) is 0 Å². The molecule has 2 aromatic rings. The summed E-state index contributed by atoms with van der Waals surface area (Å²) in [4.78, 5) is 0. The van der Waals surface area contributed by atoms with E-state index in [0.29, 0.717) is 0 Å². The van der Waals surface area contributed by atoms with E-state index in [4.69, 9.17) is 0 Å². The van der Waals surface area contributed by atoms with Crippen LogP contribution in [-0.2, 0) is 0 Å². The van der Waals surface area contributed by atoms with E-state index in [1.54, 1.807) is 0 Å². The molecule has 74 valence electrons. The fraction of sp³-hybridized carbons (Fsp3) is 0. The first-order chi connectivity index (χ1) is 5.97. The summed E-state index contributed by atoms with van der Waals surface area (Å²) in [7, 11) is 0. The summed E-state index contributed by atoms with van der Waals surface area (Å²) in [6, 6.07) is 20.8. The minimum Gasteiger partial charge on any atom is -0.153 e. The highest BCUT2D eigenvalue weighted by atomic mass is 127. The van der Waals surface area contributed by atoms with Gasteiger partial charge in [0.15, 0.2) is 0 Å². The maximum Gasteiger partial charge on any atom is -0.0184 e. The first-order valence-corrected chi connectivity index (χ1v) is 4.07. The topological polar surface area (TPSA) is 0 Å². The van der Waals surface area contributed by atoms with Gasteiger partial charge in [0.1, 0.15) is 0 Å². The van der Waals surface area contributed by atoms with Crippen molar-refractivity contribution >= 4 is 33.9 Å². The summed E-state index contributed by atoms with van der Waals surface area (Å²) in [5.74, 6) is 0. The van der Waals surface area contributed by atoms with E-state index in [9.17, 15) is 0 Å². The molecule has 2 rings (SSSR count). The third kappa shape index (κ3) is 3.39. The predicted octanol–water partition coefficient (Wildman–Crippen LogP) is 4.03. The fourth-order valence-electron chi connectivity index (χ4n) is 1.26. The van der Waals surface area contributed by atoms with Gasteiger partial charge in [0, 0.05) is 0 Å². The molecule has 0 radical (unpaired) electrons. The van der Waals surface area contributed by atoms with Gasteiger partial charge in [0.05, 0.1) is 0 Å². The molecule has 1 atom stereocenters. The smallest absolute Gasteiger partial charge is 0.0184 e. The van der Waals surface area contributed by atoms with Crippen LogP contribution in [0.25, 0.3) is 11.1 Å². The Balaban J connectivity index is 0.000000845. The molecule has 0 N–H and O–H groups in total. The zero-order chi connectivity index (χ0) is 8.23. The molecular weight excluding hydrogens is 302 g/mol. The van der Waals surface area contributed by atoms with Crippen molar-refractivity contribution in [2.45, 2.75) is 0 Å². The molecule has 0 heterocycles. The molecule has 0 amide bonds. The third-order valence-corrected chi connectivity index (χ3v) is 1.88. The number of hydrogen-bond acceptors (Lipinski definition) is 0. The largest absolute Gasteiger partial charge is 0.153 e. The van der Waals surface area contributed by atoms with Crippen molar-refractivity contribution in [3.8, 4) is 11.1 Å². The van der Waals surface area contributed by atoms with E-state index in [1.165, 1.54) is 11.1 Å². The molecule has 0 aromatic heterocycles. The van der Waals surface area contributed by atoms with Gasteiger partial charge in [0.25, 0.3) is 0 Å². The molecule has 0 aliphatic carbocycles. The van der Waals surface area contributed by atoms with Gasteiger partial charge in [-0.05, 0) is 11.1 Å². The Morgan fingerprint density at radius 3 is 1.07 bits per heavy atom. The van der Waals surface area contributed by atoms with Crippen LogP contribution < -0.4 is 0 Å². The molecule has 0 aliphatic heterocycles. The van der Waals surface area contributed by atoms with Crippen LogP contribution >= 0.6 is 33.9 Å². The van der Waals surface area contributed by atoms with Crippen LogP contribution in [0, 0.1) is 0 Å². The molecule has 0 saturated heterocycles. The number of benzene rings is 2. The van der Waals surface area contributed by atoms with Crippen LogP contribution in [0.3, 0.4) is 0 Å². The van der Waals surface area contributed by atoms with Gasteiger partial charge in [-0.2, -0.15) is 9.90 Å². The van der Waals surface area contributed by atoms with Crippen molar-refractivity contribution in [3.63, 3.8) is 0 Å². The SMILES string of the molecule is I.P.c1ccc(-c2ccccc2)cc1. The lowest BCUT2D eigenvalue weighted by atomic mass is 10.1. The van der Waals surface area contributed by atoms with Crippen molar-refractivity contribution in [2.75, 3.05) is 0 Å². The third-order valence-electron chi connectivity index (χ3n) is 1.88. The van der Waals surface area contributed by atoms with E-state index >= 15 is 0 Å². The highest BCUT2D eigenvalue weighted by Gasteiger charge is 1.91. The van der Waals surface area contributed by atoms with Gasteiger partial charge in [-0.1, -0.05) is 60.7 Å². The number of rotatable bonds is 1. The first kappa shape index (κ1) is 13.6. The van der Waals surface area contributed by atoms with Crippen LogP contribution in [0.4, 0.5) is 0 Å². The van der Waals surface area contributed by atoms with E-state index < -0.39 is 0 Å². The van der Waals surface area contributed by atoms with Gasteiger partial charge >= 0.3 is 0 Å². The molecule has 0 saturated carbocycles. The van der Waals surface area contributed by atoms with Gasteiger partial charge in [-0.15, -0.1) is 24.0 Å². The van der Waals surface area contributed by atoms with Gasteiger partial charge < -0.3 is 0 Å². The van der Waals surface area contributed by atoms with E-state index in [1.807, 2.05) is 12.1 Å². The number of hydrogen-bond donors (Lipinski definition) is 0. The van der Waals surface area contributed by atoms with E-state index in [-0.39, 0.29) is 33.9 Å². The first-order valence-electron chi connectivity index (χ1n) is 4.07. The van der Waals surface area contributed by atoms with Crippen molar-refractivity contribution in [1.29, 1.82) is 0 Å². The second kappa shape index (κ2) is 6.97. The normalized spacial score (nSPS) is 8.29. The van der Waals surface area contributed by atoms with Gasteiger partial charge in [-0.25, -0.2) is 0 Å². The Kier molecular flexibility index (Phi) is 6.77. The second-order valence-electron chi connectivity index (χ2n) is 2.73. The molecule has 0 aliphatic rings. The lowest BCUT2D eigenvalue weighted by Gasteiger charge is -1.98. The molecule has 0 fully saturated rings. The average Bonchev–Trinajstić information content (AvgIpc) is 2.21. The summed E-state index contributed by atoms with van der Waals surface area (Å²) in [5, 5.41) is 0. The molecule has 1 unspecified atom stereocenters. The minimum atomic E-state index is 0. The van der Waals surface area contributed by atoms with Crippen LogP contribution in [0.5, 0.6) is 0 Å². The van der Waals surface area contributed by atoms with Crippen LogP contribution in [0.1, 0.15) is 0 Å². The van der Waals surface area contributed by atoms with Crippen LogP contribution in [-0.4, -0.2) is 0 Å². The Hall–Kier alpha value is -0.400. The molecule has 14 heavy (non-hydrogen) atoms. The minimum absolute atomic E-state index is 0. The summed E-state index contributed by atoms with van der Waals surface area (Å²) in [6.45, 7) is 0. The molecule has 2 aromatic carbocycles. The standard InChI is InChI=1S/C12H10.HI.H3P/c1-3-7-11(8-4-1)12-9-5-2-6-10-12;;/h1-10H;1H;1H3. The zero-order valence-corrected chi connectivity index (χ0v) is 11.6. The lowest BCUT2D eigenvalue weighted by molar-refractivity contribution is 1.62. The monoisotopic (exact) mass is 316 g/mol. The highest BCUT2D eigenvalue weighted by molar-refractivity contribution is 14.0. The van der Waals surface area contributed by atoms with Crippen molar-refractivity contribution in [3.05, 3.63) is 60.7 Å². The lowest BCUT2D eigenvalue weighted by Crippen LogP contribution is -1.73. The summed E-state index contributed by atoms with van der Waals surface area (Å²) in [6.07, 6.45) is 0. The average molecular weight is 316 g/mol. The Bertz CT molecular complexity index is 308. The van der Waals surface area contributed by atoms with Crippen molar-refractivity contribution < 1.29 is 0 Å². The van der Waals surface area contributed by atoms with E-state index in [0.717, 1.165) is 0 Å². The van der Waals surface area contributed by atoms with Gasteiger partial charge in [-0.3, -0.25) is 0 Å². The Morgan fingerprint density at radius 1 is 0.500 bits per heavy atom. The van der Waals surface area contributed by atoms with Crippen molar-refractivity contribution in [2.24, 2.45) is 0 Å². The summed E-state index contributed by atoms with van der Waals surface area (Å²) < 4.78 is 0. The molecular formula is C12H14IP. The Morgan fingerprint density at radius 2 is 0.786 bits per heavy atom. The summed E-state index contributed by atoms with van der Waals surface area (Å²) >= 11 is 0. The Labute approximate surface area is 105 Å². The zero-order valence-electron chi connectivity index (χ0n) is 7.89. The highest BCUT2D eigenvalue weighted by Crippen LogP contribution is 2.17. The molecule has 2 heteroatoms. The van der Waals surface area contributed by atoms with E-state index in [2.05, 4.69) is 48.5 Å². The van der Waals surface area contributed by atoms with Crippen LogP contribution in [0.15, 0.2) is 60.7 Å². The fourth-order valence-corrected chi connectivity index (χ4v) is 1.26. The quantitative estimate of drug-likeness (QED) is 0.550. The maximum absolute atomic E-state index is 2.12. The molecule has 0 nitrogen and oxygen atoms in total. The maximum atomic E-state index is 2.12. The second-order valence-corrected chi connectivity index (χ2v) is 2.73. The van der Waals surface area contributed by atoms with Gasteiger partial charge in [0.2, 0.25) is 0 Å². The number of halogens is 1. The molecule has 0 bridgehead atoms.